The van der Waals surface area contributed by atoms with Gasteiger partial charge in [0.15, 0.2) is 6.10 Å². The lowest BCUT2D eigenvalue weighted by Gasteiger charge is -2.23. The van der Waals surface area contributed by atoms with E-state index in [1.165, 1.54) is 10.4 Å². The van der Waals surface area contributed by atoms with Crippen LogP contribution in [0.5, 0.6) is 5.75 Å². The van der Waals surface area contributed by atoms with E-state index in [9.17, 15) is 13.2 Å². The van der Waals surface area contributed by atoms with Crippen molar-refractivity contribution in [3.8, 4) is 5.75 Å². The first-order valence-corrected chi connectivity index (χ1v) is 11.5. The third kappa shape index (κ3) is 5.65. The Kier molecular flexibility index (Phi) is 8.11. The largest absolute Gasteiger partial charge is 0.481 e. The van der Waals surface area contributed by atoms with Crippen molar-refractivity contribution < 1.29 is 17.9 Å². The van der Waals surface area contributed by atoms with Crippen LogP contribution in [0, 0.1) is 0 Å². The number of sulfonamides is 1. The molecule has 0 bridgehead atoms. The summed E-state index contributed by atoms with van der Waals surface area (Å²) in [7, 11) is -0.0218. The predicted octanol–water partition coefficient (Wildman–Crippen LogP) is 3.84. The van der Waals surface area contributed by atoms with Crippen molar-refractivity contribution in [1.82, 2.24) is 4.31 Å². The van der Waals surface area contributed by atoms with Crippen LogP contribution in [0.1, 0.15) is 20.8 Å². The van der Waals surface area contributed by atoms with Crippen molar-refractivity contribution in [3.63, 3.8) is 0 Å². The van der Waals surface area contributed by atoms with Gasteiger partial charge in [0.2, 0.25) is 10.0 Å². The molecular weight excluding hydrogens is 426 g/mol. The van der Waals surface area contributed by atoms with Crippen molar-refractivity contribution in [2.75, 3.05) is 37.4 Å². The van der Waals surface area contributed by atoms with E-state index in [0.717, 1.165) is 0 Å². The van der Waals surface area contributed by atoms with E-state index < -0.39 is 22.0 Å². The Bertz CT molecular complexity index is 974. The van der Waals surface area contributed by atoms with E-state index in [4.69, 9.17) is 16.3 Å². The summed E-state index contributed by atoms with van der Waals surface area (Å²) < 4.78 is 32.8. The molecule has 2 aromatic carbocycles. The van der Waals surface area contributed by atoms with Crippen LogP contribution in [0.2, 0.25) is 5.02 Å². The number of halogens is 1. The molecule has 1 unspecified atom stereocenters. The Morgan fingerprint density at radius 3 is 2.23 bits per heavy atom. The number of nitrogens with one attached hydrogen (secondary N) is 1. The lowest BCUT2D eigenvalue weighted by molar-refractivity contribution is -0.122. The molecule has 2 aromatic rings. The number of rotatable bonds is 9. The molecule has 0 aromatic heterocycles. The third-order valence-electron chi connectivity index (χ3n) is 4.55. The molecular formula is C21H28ClN3O4S. The summed E-state index contributed by atoms with van der Waals surface area (Å²) >= 11 is 5.87. The quantitative estimate of drug-likeness (QED) is 0.624. The van der Waals surface area contributed by atoms with Crippen LogP contribution in [-0.2, 0) is 14.8 Å². The number of nitrogens with zero attached hydrogens (tertiary/aromatic N) is 2. The van der Waals surface area contributed by atoms with Gasteiger partial charge >= 0.3 is 0 Å². The molecule has 0 aliphatic heterocycles. The van der Waals surface area contributed by atoms with Crippen LogP contribution in [0.4, 0.5) is 11.4 Å². The second-order valence-electron chi connectivity index (χ2n) is 6.87. The predicted molar refractivity (Wildman–Crippen MR) is 121 cm³/mol. The van der Waals surface area contributed by atoms with E-state index in [0.29, 0.717) is 35.2 Å². The van der Waals surface area contributed by atoms with Gasteiger partial charge in [0, 0.05) is 32.2 Å². The van der Waals surface area contributed by atoms with Gasteiger partial charge in [-0.3, -0.25) is 4.79 Å². The van der Waals surface area contributed by atoms with Gasteiger partial charge in [-0.2, -0.15) is 4.31 Å². The number of carbonyl (C=O) groups is 1. The molecule has 0 aliphatic rings. The van der Waals surface area contributed by atoms with E-state index in [2.05, 4.69) is 5.32 Å². The number of hydrogen-bond donors (Lipinski definition) is 1. The number of carbonyl (C=O) groups excluding carboxylic acids is 1. The molecule has 0 fully saturated rings. The minimum atomic E-state index is -3.66. The van der Waals surface area contributed by atoms with Crippen molar-refractivity contribution in [1.29, 1.82) is 0 Å². The van der Waals surface area contributed by atoms with Crippen molar-refractivity contribution >= 4 is 38.9 Å². The SMILES string of the molecule is CCN(CC)S(=O)(=O)c1ccc(N(C)C)c(NC(=O)C(C)Oc2ccc(Cl)cc2)c1. The van der Waals surface area contributed by atoms with E-state index in [1.54, 1.807) is 62.1 Å². The first kappa shape index (κ1) is 24.0. The van der Waals surface area contributed by atoms with Crippen LogP contribution in [0.15, 0.2) is 47.4 Å². The number of amides is 1. The number of benzene rings is 2. The summed E-state index contributed by atoms with van der Waals surface area (Å²) in [5.74, 6) is 0.109. The zero-order chi connectivity index (χ0) is 22.5. The summed E-state index contributed by atoms with van der Waals surface area (Å²) in [6.07, 6.45) is -0.802. The van der Waals surface area contributed by atoms with Gasteiger partial charge in [0.1, 0.15) is 5.75 Å². The fourth-order valence-corrected chi connectivity index (χ4v) is 4.49. The topological polar surface area (TPSA) is 79.0 Å². The fourth-order valence-electron chi connectivity index (χ4n) is 2.88. The maximum atomic E-state index is 12.9. The molecule has 1 amide bonds. The van der Waals surface area contributed by atoms with Gasteiger partial charge in [0.05, 0.1) is 16.3 Å². The summed E-state index contributed by atoms with van der Waals surface area (Å²) in [5, 5.41) is 3.37. The molecule has 0 radical (unpaired) electrons. The Balaban J connectivity index is 2.29. The van der Waals surface area contributed by atoms with Crippen LogP contribution < -0.4 is 15.0 Å². The van der Waals surface area contributed by atoms with Crippen molar-refractivity contribution in [2.24, 2.45) is 0 Å². The molecule has 0 heterocycles. The van der Waals surface area contributed by atoms with E-state index in [1.807, 2.05) is 14.1 Å². The Labute approximate surface area is 183 Å². The highest BCUT2D eigenvalue weighted by atomic mass is 35.5. The maximum Gasteiger partial charge on any atom is 0.265 e. The average molecular weight is 454 g/mol. The van der Waals surface area contributed by atoms with Crippen LogP contribution in [-0.4, -0.2) is 51.9 Å². The first-order valence-electron chi connectivity index (χ1n) is 9.64. The summed E-state index contributed by atoms with van der Waals surface area (Å²) in [4.78, 5) is 14.6. The van der Waals surface area contributed by atoms with Crippen LogP contribution in [0.25, 0.3) is 0 Å². The Hall–Kier alpha value is -2.29. The second-order valence-corrected chi connectivity index (χ2v) is 9.24. The third-order valence-corrected chi connectivity index (χ3v) is 6.84. The van der Waals surface area contributed by atoms with Gasteiger partial charge in [-0.05, 0) is 49.4 Å². The lowest BCUT2D eigenvalue weighted by atomic mass is 10.2. The minimum absolute atomic E-state index is 0.123. The number of ether oxygens (including phenoxy) is 1. The monoisotopic (exact) mass is 453 g/mol. The molecule has 9 heteroatoms. The fraction of sp³-hybridized carbons (Fsp3) is 0.381. The second kappa shape index (κ2) is 10.1. The molecule has 0 saturated heterocycles. The highest BCUT2D eigenvalue weighted by Crippen LogP contribution is 2.29. The van der Waals surface area contributed by atoms with Gasteiger partial charge < -0.3 is 15.0 Å². The zero-order valence-electron chi connectivity index (χ0n) is 17.8. The Morgan fingerprint density at radius 2 is 1.70 bits per heavy atom. The molecule has 164 valence electrons. The Morgan fingerprint density at radius 1 is 1.10 bits per heavy atom. The van der Waals surface area contributed by atoms with E-state index in [-0.39, 0.29) is 4.90 Å². The smallest absolute Gasteiger partial charge is 0.265 e. The van der Waals surface area contributed by atoms with Gasteiger partial charge in [0.25, 0.3) is 5.91 Å². The molecule has 7 nitrogen and oxygen atoms in total. The summed E-state index contributed by atoms with van der Waals surface area (Å²) in [6, 6.07) is 11.4. The summed E-state index contributed by atoms with van der Waals surface area (Å²) in [5.41, 5.74) is 1.07. The number of hydrogen-bond acceptors (Lipinski definition) is 5. The molecule has 1 N–H and O–H groups in total. The summed E-state index contributed by atoms with van der Waals surface area (Å²) in [6.45, 7) is 5.92. The molecule has 0 aliphatic carbocycles. The van der Waals surface area contributed by atoms with E-state index >= 15 is 0 Å². The molecule has 2 rings (SSSR count). The first-order chi connectivity index (χ1) is 14.1. The van der Waals surface area contributed by atoms with Gasteiger partial charge in [-0.15, -0.1) is 0 Å². The molecule has 0 saturated carbocycles. The minimum Gasteiger partial charge on any atom is -0.481 e. The highest BCUT2D eigenvalue weighted by Gasteiger charge is 2.24. The van der Waals surface area contributed by atoms with Gasteiger partial charge in [-0.25, -0.2) is 8.42 Å². The van der Waals surface area contributed by atoms with Crippen molar-refractivity contribution in [3.05, 3.63) is 47.5 Å². The normalized spacial score (nSPS) is 12.5. The van der Waals surface area contributed by atoms with Crippen LogP contribution in [0.3, 0.4) is 0 Å². The lowest BCUT2D eigenvalue weighted by Crippen LogP contribution is -2.32. The maximum absolute atomic E-state index is 12.9. The van der Waals surface area contributed by atoms with Crippen molar-refractivity contribution in [2.45, 2.75) is 31.8 Å². The zero-order valence-corrected chi connectivity index (χ0v) is 19.4. The highest BCUT2D eigenvalue weighted by molar-refractivity contribution is 7.89. The molecule has 30 heavy (non-hydrogen) atoms. The molecule has 0 spiro atoms. The number of anilines is 2. The van der Waals surface area contributed by atoms with Crippen LogP contribution >= 0.6 is 11.6 Å². The standard InChI is InChI=1S/C21H28ClN3O4S/c1-6-25(7-2)30(27,28)18-12-13-20(24(4)5)19(14-18)23-21(26)15(3)29-17-10-8-16(22)9-11-17/h8-15H,6-7H2,1-5H3,(H,23,26). The average Bonchev–Trinajstić information content (AvgIpc) is 2.70. The molecule has 1 atom stereocenters. The van der Waals surface area contributed by atoms with Gasteiger partial charge in [-0.1, -0.05) is 25.4 Å².